The molecule has 0 bridgehead atoms. The molecule has 1 unspecified atom stereocenters. The lowest BCUT2D eigenvalue weighted by atomic mass is 10.2. The van der Waals surface area contributed by atoms with E-state index in [4.69, 9.17) is 4.74 Å². The molecule has 1 aromatic carbocycles. The van der Waals surface area contributed by atoms with Crippen LogP contribution < -0.4 is 15.4 Å². The van der Waals surface area contributed by atoms with E-state index in [1.54, 1.807) is 0 Å². The van der Waals surface area contributed by atoms with Crippen molar-refractivity contribution in [3.05, 3.63) is 24.3 Å². The average molecular weight is 278 g/mol. The van der Waals surface area contributed by atoms with E-state index in [0.29, 0.717) is 12.5 Å². The van der Waals surface area contributed by atoms with Crippen LogP contribution in [0, 0.1) is 5.92 Å². The van der Waals surface area contributed by atoms with Gasteiger partial charge in [-0.1, -0.05) is 26.8 Å². The van der Waals surface area contributed by atoms with Gasteiger partial charge in [0.15, 0.2) is 0 Å². The Morgan fingerprint density at radius 1 is 1.30 bits per heavy atom. The predicted octanol–water partition coefficient (Wildman–Crippen LogP) is 3.05. The summed E-state index contributed by atoms with van der Waals surface area (Å²) in [6.07, 6.45) is 0.935. The SMILES string of the molecule is CCC(C)NC(=O)CNc1cccc(OCC(C)C)c1. The minimum absolute atomic E-state index is 0.00727. The Labute approximate surface area is 121 Å². The van der Waals surface area contributed by atoms with Crippen LogP contribution in [0.1, 0.15) is 34.1 Å². The number of ether oxygens (including phenoxy) is 1. The van der Waals surface area contributed by atoms with E-state index in [-0.39, 0.29) is 18.5 Å². The third-order valence-electron chi connectivity index (χ3n) is 2.89. The van der Waals surface area contributed by atoms with Crippen LogP contribution >= 0.6 is 0 Å². The average Bonchev–Trinajstić information content (AvgIpc) is 2.43. The summed E-state index contributed by atoms with van der Waals surface area (Å²) in [4.78, 5) is 11.7. The Hall–Kier alpha value is -1.71. The topological polar surface area (TPSA) is 50.4 Å². The second-order valence-corrected chi connectivity index (χ2v) is 5.46. The molecule has 1 rings (SSSR count). The summed E-state index contributed by atoms with van der Waals surface area (Å²) < 4.78 is 5.66. The molecule has 0 aliphatic heterocycles. The van der Waals surface area contributed by atoms with Crippen LogP contribution in [0.2, 0.25) is 0 Å². The summed E-state index contributed by atoms with van der Waals surface area (Å²) >= 11 is 0. The second-order valence-electron chi connectivity index (χ2n) is 5.46. The molecule has 2 N–H and O–H groups in total. The number of carbonyl (C=O) groups excluding carboxylic acids is 1. The lowest BCUT2D eigenvalue weighted by Gasteiger charge is -2.13. The number of hydrogen-bond acceptors (Lipinski definition) is 3. The Kier molecular flexibility index (Phi) is 6.91. The number of carbonyl (C=O) groups is 1. The molecular weight excluding hydrogens is 252 g/mol. The van der Waals surface area contributed by atoms with Gasteiger partial charge in [0.1, 0.15) is 5.75 Å². The van der Waals surface area contributed by atoms with E-state index in [9.17, 15) is 4.79 Å². The molecule has 20 heavy (non-hydrogen) atoms. The van der Waals surface area contributed by atoms with Crippen molar-refractivity contribution in [2.75, 3.05) is 18.5 Å². The highest BCUT2D eigenvalue weighted by atomic mass is 16.5. The molecular formula is C16H26N2O2. The van der Waals surface area contributed by atoms with Gasteiger partial charge < -0.3 is 15.4 Å². The third kappa shape index (κ3) is 6.45. The van der Waals surface area contributed by atoms with Gasteiger partial charge in [-0.05, 0) is 31.4 Å². The molecule has 1 aromatic rings. The summed E-state index contributed by atoms with van der Waals surface area (Å²) in [5.74, 6) is 1.33. The van der Waals surface area contributed by atoms with Crippen LogP contribution in [0.5, 0.6) is 5.75 Å². The first kappa shape index (κ1) is 16.3. The van der Waals surface area contributed by atoms with Crippen molar-refractivity contribution in [2.24, 2.45) is 5.92 Å². The van der Waals surface area contributed by atoms with Gasteiger partial charge in [-0.3, -0.25) is 4.79 Å². The van der Waals surface area contributed by atoms with Crippen LogP contribution in [0.25, 0.3) is 0 Å². The summed E-state index contributed by atoms with van der Waals surface area (Å²) in [5, 5.41) is 6.03. The molecule has 0 aromatic heterocycles. The van der Waals surface area contributed by atoms with Gasteiger partial charge in [0.05, 0.1) is 13.2 Å². The maximum absolute atomic E-state index is 11.7. The van der Waals surface area contributed by atoms with Crippen molar-refractivity contribution in [3.63, 3.8) is 0 Å². The summed E-state index contributed by atoms with van der Waals surface area (Å²) in [6, 6.07) is 7.90. The number of hydrogen-bond donors (Lipinski definition) is 2. The zero-order valence-electron chi connectivity index (χ0n) is 12.9. The molecule has 1 amide bonds. The minimum Gasteiger partial charge on any atom is -0.493 e. The van der Waals surface area contributed by atoms with Crippen LogP contribution in [0.15, 0.2) is 24.3 Å². The molecule has 0 radical (unpaired) electrons. The van der Waals surface area contributed by atoms with Gasteiger partial charge >= 0.3 is 0 Å². The van der Waals surface area contributed by atoms with Crippen molar-refractivity contribution in [2.45, 2.75) is 40.2 Å². The molecule has 0 aliphatic rings. The fourth-order valence-corrected chi connectivity index (χ4v) is 1.57. The highest BCUT2D eigenvalue weighted by molar-refractivity contribution is 5.81. The monoisotopic (exact) mass is 278 g/mol. The Balaban J connectivity index is 2.43. The van der Waals surface area contributed by atoms with E-state index in [1.165, 1.54) is 0 Å². The lowest BCUT2D eigenvalue weighted by molar-refractivity contribution is -0.120. The van der Waals surface area contributed by atoms with Gasteiger partial charge in [-0.15, -0.1) is 0 Å². The Morgan fingerprint density at radius 3 is 2.70 bits per heavy atom. The first-order valence-electron chi connectivity index (χ1n) is 7.27. The zero-order valence-corrected chi connectivity index (χ0v) is 12.9. The molecule has 112 valence electrons. The van der Waals surface area contributed by atoms with Crippen LogP contribution in [-0.2, 0) is 4.79 Å². The fraction of sp³-hybridized carbons (Fsp3) is 0.562. The highest BCUT2D eigenvalue weighted by Gasteiger charge is 2.05. The molecule has 0 spiro atoms. The van der Waals surface area contributed by atoms with Gasteiger partial charge in [0.2, 0.25) is 5.91 Å². The highest BCUT2D eigenvalue weighted by Crippen LogP contribution is 2.17. The largest absolute Gasteiger partial charge is 0.493 e. The first-order chi connectivity index (χ1) is 9.51. The molecule has 0 saturated carbocycles. The van der Waals surface area contributed by atoms with Crippen molar-refractivity contribution >= 4 is 11.6 Å². The maximum atomic E-state index is 11.7. The van der Waals surface area contributed by atoms with Gasteiger partial charge in [0.25, 0.3) is 0 Å². The molecule has 0 heterocycles. The van der Waals surface area contributed by atoms with E-state index >= 15 is 0 Å². The van der Waals surface area contributed by atoms with Crippen molar-refractivity contribution in [1.29, 1.82) is 0 Å². The van der Waals surface area contributed by atoms with E-state index in [0.717, 1.165) is 17.9 Å². The summed E-state index contributed by atoms with van der Waals surface area (Å²) in [7, 11) is 0. The first-order valence-corrected chi connectivity index (χ1v) is 7.27. The molecule has 0 saturated heterocycles. The smallest absolute Gasteiger partial charge is 0.239 e. The normalized spacial score (nSPS) is 12.1. The van der Waals surface area contributed by atoms with Crippen molar-refractivity contribution < 1.29 is 9.53 Å². The molecule has 4 heteroatoms. The van der Waals surface area contributed by atoms with Crippen molar-refractivity contribution in [1.82, 2.24) is 5.32 Å². The molecule has 0 aliphatic carbocycles. The van der Waals surface area contributed by atoms with Crippen LogP contribution in [0.3, 0.4) is 0 Å². The van der Waals surface area contributed by atoms with Gasteiger partial charge in [-0.2, -0.15) is 0 Å². The number of nitrogens with one attached hydrogen (secondary N) is 2. The second kappa shape index (κ2) is 8.46. The quantitative estimate of drug-likeness (QED) is 0.768. The van der Waals surface area contributed by atoms with E-state index < -0.39 is 0 Å². The van der Waals surface area contributed by atoms with Crippen molar-refractivity contribution in [3.8, 4) is 5.75 Å². The van der Waals surface area contributed by atoms with E-state index in [2.05, 4.69) is 24.5 Å². The van der Waals surface area contributed by atoms with Gasteiger partial charge in [0, 0.05) is 17.8 Å². The maximum Gasteiger partial charge on any atom is 0.239 e. The standard InChI is InChI=1S/C16H26N2O2/c1-5-13(4)18-16(19)10-17-14-7-6-8-15(9-14)20-11-12(2)3/h6-9,12-13,17H,5,10-11H2,1-4H3,(H,18,19). The number of rotatable bonds is 8. The predicted molar refractivity (Wildman–Crippen MR) is 83.2 cm³/mol. The number of anilines is 1. The molecule has 0 fully saturated rings. The van der Waals surface area contributed by atoms with Crippen LogP contribution in [-0.4, -0.2) is 25.1 Å². The summed E-state index contributed by atoms with van der Waals surface area (Å²) in [5.41, 5.74) is 0.894. The third-order valence-corrected chi connectivity index (χ3v) is 2.89. The summed E-state index contributed by atoms with van der Waals surface area (Å²) in [6.45, 7) is 9.24. The Morgan fingerprint density at radius 2 is 2.05 bits per heavy atom. The van der Waals surface area contributed by atoms with Crippen LogP contribution in [0.4, 0.5) is 5.69 Å². The molecule has 4 nitrogen and oxygen atoms in total. The minimum atomic E-state index is 0.00727. The molecule has 1 atom stereocenters. The number of amides is 1. The zero-order chi connectivity index (χ0) is 15.0. The number of benzene rings is 1. The fourth-order valence-electron chi connectivity index (χ4n) is 1.57. The van der Waals surface area contributed by atoms with E-state index in [1.807, 2.05) is 38.1 Å². The lowest BCUT2D eigenvalue weighted by Crippen LogP contribution is -2.36. The Bertz CT molecular complexity index is 419. The van der Waals surface area contributed by atoms with Gasteiger partial charge in [-0.25, -0.2) is 0 Å².